The topological polar surface area (TPSA) is 103 Å². The summed E-state index contributed by atoms with van der Waals surface area (Å²) in [7, 11) is 0. The van der Waals surface area contributed by atoms with Crippen molar-refractivity contribution in [2.75, 3.05) is 5.32 Å². The fraction of sp³-hybridized carbons (Fsp3) is 0.125. The van der Waals surface area contributed by atoms with Crippen molar-refractivity contribution in [3.8, 4) is 11.4 Å². The molecule has 166 valence electrons. The van der Waals surface area contributed by atoms with Gasteiger partial charge in [0.15, 0.2) is 11.0 Å². The van der Waals surface area contributed by atoms with Crippen LogP contribution in [0.15, 0.2) is 84.5 Å². The quantitative estimate of drug-likeness (QED) is 0.166. The van der Waals surface area contributed by atoms with E-state index in [9.17, 15) is 14.9 Å². The predicted octanol–water partition coefficient (Wildman–Crippen LogP) is 5.31. The van der Waals surface area contributed by atoms with Crippen LogP contribution in [0.4, 0.5) is 11.4 Å². The van der Waals surface area contributed by atoms with E-state index >= 15 is 0 Å². The Kier molecular flexibility index (Phi) is 6.50. The van der Waals surface area contributed by atoms with Gasteiger partial charge in [-0.05, 0) is 29.8 Å². The Morgan fingerprint density at radius 1 is 1.15 bits per heavy atom. The van der Waals surface area contributed by atoms with Gasteiger partial charge in [0.2, 0.25) is 5.91 Å². The molecule has 8 nitrogen and oxygen atoms in total. The number of nitro benzene ring substituents is 1. The Labute approximate surface area is 194 Å². The van der Waals surface area contributed by atoms with Gasteiger partial charge in [0.05, 0.1) is 10.2 Å². The lowest BCUT2D eigenvalue weighted by molar-refractivity contribution is -0.384. The van der Waals surface area contributed by atoms with Crippen LogP contribution >= 0.6 is 11.8 Å². The molecule has 0 saturated carbocycles. The second-order valence-electron chi connectivity index (χ2n) is 7.32. The third kappa shape index (κ3) is 4.93. The number of aromatic nitrogens is 3. The first-order valence-electron chi connectivity index (χ1n) is 10.2. The SMILES string of the molecule is C=CCn1c(SC(C)C(=O)Nc2ccc3ccccc3c2)nnc1-c1cccc([N+](=O)[O-])c1. The Morgan fingerprint density at radius 3 is 2.70 bits per heavy atom. The lowest BCUT2D eigenvalue weighted by Gasteiger charge is -2.13. The summed E-state index contributed by atoms with van der Waals surface area (Å²) in [5.74, 6) is 0.309. The van der Waals surface area contributed by atoms with Crippen molar-refractivity contribution in [2.24, 2.45) is 0 Å². The normalized spacial score (nSPS) is 11.8. The summed E-state index contributed by atoms with van der Waals surface area (Å²) in [6.07, 6.45) is 1.69. The zero-order valence-corrected chi connectivity index (χ0v) is 18.7. The van der Waals surface area contributed by atoms with E-state index in [1.165, 1.54) is 23.9 Å². The molecule has 0 spiro atoms. The number of allylic oxidation sites excluding steroid dienone is 1. The standard InChI is InChI=1S/C24H21N5O3S/c1-3-13-28-22(19-9-6-10-21(15-19)29(31)32)26-27-24(28)33-16(2)23(30)25-20-12-11-17-7-4-5-8-18(17)14-20/h3-12,14-16H,1,13H2,2H3,(H,25,30). The number of carbonyl (C=O) groups is 1. The molecule has 0 aliphatic rings. The lowest BCUT2D eigenvalue weighted by atomic mass is 10.1. The van der Waals surface area contributed by atoms with Crippen LogP contribution in [-0.4, -0.2) is 30.8 Å². The molecular formula is C24H21N5O3S. The molecule has 1 unspecified atom stereocenters. The van der Waals surface area contributed by atoms with E-state index in [4.69, 9.17) is 0 Å². The number of rotatable bonds is 8. The first-order chi connectivity index (χ1) is 16.0. The van der Waals surface area contributed by atoms with Crippen molar-refractivity contribution >= 4 is 39.8 Å². The molecule has 33 heavy (non-hydrogen) atoms. The van der Waals surface area contributed by atoms with Crippen molar-refractivity contribution in [2.45, 2.75) is 23.9 Å². The van der Waals surface area contributed by atoms with E-state index in [2.05, 4.69) is 22.1 Å². The third-order valence-corrected chi connectivity index (χ3v) is 6.09. The number of non-ortho nitro benzene ring substituents is 1. The van der Waals surface area contributed by atoms with Gasteiger partial charge in [-0.25, -0.2) is 0 Å². The molecule has 3 aromatic carbocycles. The fourth-order valence-electron chi connectivity index (χ4n) is 3.36. The second-order valence-corrected chi connectivity index (χ2v) is 8.63. The highest BCUT2D eigenvalue weighted by Gasteiger charge is 2.21. The van der Waals surface area contributed by atoms with E-state index in [0.29, 0.717) is 23.1 Å². The van der Waals surface area contributed by atoms with Crippen LogP contribution < -0.4 is 5.32 Å². The van der Waals surface area contributed by atoms with Gasteiger partial charge in [-0.1, -0.05) is 60.3 Å². The largest absolute Gasteiger partial charge is 0.325 e. The van der Waals surface area contributed by atoms with Crippen molar-refractivity contribution in [1.82, 2.24) is 14.8 Å². The first kappa shape index (κ1) is 22.2. The Morgan fingerprint density at radius 2 is 1.94 bits per heavy atom. The van der Waals surface area contributed by atoms with Crippen LogP contribution in [0.1, 0.15) is 6.92 Å². The van der Waals surface area contributed by atoms with Gasteiger partial charge in [-0.2, -0.15) is 0 Å². The van der Waals surface area contributed by atoms with Gasteiger partial charge in [-0.3, -0.25) is 19.5 Å². The van der Waals surface area contributed by atoms with Gasteiger partial charge >= 0.3 is 0 Å². The van der Waals surface area contributed by atoms with Gasteiger partial charge in [0.25, 0.3) is 5.69 Å². The zero-order chi connectivity index (χ0) is 23.4. The number of fused-ring (bicyclic) bond motifs is 1. The Bertz CT molecular complexity index is 1350. The number of carbonyl (C=O) groups excluding carboxylic acids is 1. The highest BCUT2D eigenvalue weighted by atomic mass is 32.2. The maximum Gasteiger partial charge on any atom is 0.270 e. The van der Waals surface area contributed by atoms with Crippen molar-refractivity contribution < 1.29 is 9.72 Å². The minimum absolute atomic E-state index is 0.0296. The zero-order valence-electron chi connectivity index (χ0n) is 17.8. The van der Waals surface area contributed by atoms with E-state index < -0.39 is 10.2 Å². The number of hydrogen-bond donors (Lipinski definition) is 1. The van der Waals surface area contributed by atoms with Gasteiger partial charge in [-0.15, -0.1) is 16.8 Å². The number of nitrogens with zero attached hydrogens (tertiary/aromatic N) is 4. The maximum absolute atomic E-state index is 12.8. The number of thioether (sulfide) groups is 1. The Hall–Kier alpha value is -3.98. The van der Waals surface area contributed by atoms with Crippen LogP contribution in [-0.2, 0) is 11.3 Å². The first-order valence-corrected chi connectivity index (χ1v) is 11.1. The molecule has 1 heterocycles. The van der Waals surface area contributed by atoms with Gasteiger partial charge < -0.3 is 5.32 Å². The molecular weight excluding hydrogens is 438 g/mol. The van der Waals surface area contributed by atoms with Gasteiger partial charge in [0.1, 0.15) is 0 Å². The summed E-state index contributed by atoms with van der Waals surface area (Å²) >= 11 is 1.26. The van der Waals surface area contributed by atoms with E-state index in [1.54, 1.807) is 29.7 Å². The molecule has 1 aromatic heterocycles. The van der Waals surface area contributed by atoms with E-state index in [0.717, 1.165) is 16.5 Å². The second kappa shape index (κ2) is 9.66. The molecule has 4 rings (SSSR count). The molecule has 0 aliphatic carbocycles. The van der Waals surface area contributed by atoms with E-state index in [-0.39, 0.29) is 11.6 Å². The highest BCUT2D eigenvalue weighted by Crippen LogP contribution is 2.29. The molecule has 0 saturated heterocycles. The number of hydrogen-bond acceptors (Lipinski definition) is 6. The van der Waals surface area contributed by atoms with Crippen LogP contribution in [0.25, 0.3) is 22.2 Å². The maximum atomic E-state index is 12.8. The summed E-state index contributed by atoms with van der Waals surface area (Å²) < 4.78 is 1.79. The van der Waals surface area contributed by atoms with Gasteiger partial charge in [0, 0.05) is 29.9 Å². The number of anilines is 1. The number of nitrogens with one attached hydrogen (secondary N) is 1. The Balaban J connectivity index is 1.54. The fourth-order valence-corrected chi connectivity index (χ4v) is 4.22. The molecule has 1 atom stereocenters. The summed E-state index contributed by atoms with van der Waals surface area (Å²) in [6, 6.07) is 19.9. The molecule has 4 aromatic rings. The number of benzene rings is 3. The van der Waals surface area contributed by atoms with Crippen LogP contribution in [0, 0.1) is 10.1 Å². The van der Waals surface area contributed by atoms with Crippen LogP contribution in [0.3, 0.4) is 0 Å². The molecule has 0 aliphatic heterocycles. The highest BCUT2D eigenvalue weighted by molar-refractivity contribution is 8.00. The predicted molar refractivity (Wildman–Crippen MR) is 130 cm³/mol. The average molecular weight is 460 g/mol. The van der Waals surface area contributed by atoms with Crippen molar-refractivity contribution in [3.05, 3.63) is 89.5 Å². The molecule has 0 fully saturated rings. The number of amides is 1. The van der Waals surface area contributed by atoms with Crippen LogP contribution in [0.5, 0.6) is 0 Å². The minimum atomic E-state index is -0.456. The summed E-state index contributed by atoms with van der Waals surface area (Å²) in [6.45, 7) is 5.97. The number of nitro groups is 1. The molecule has 1 N–H and O–H groups in total. The summed E-state index contributed by atoms with van der Waals surface area (Å²) in [4.78, 5) is 23.5. The summed E-state index contributed by atoms with van der Waals surface area (Å²) in [5.41, 5.74) is 1.26. The van der Waals surface area contributed by atoms with Crippen molar-refractivity contribution in [1.29, 1.82) is 0 Å². The summed E-state index contributed by atoms with van der Waals surface area (Å²) in [5, 5.41) is 24.8. The monoisotopic (exact) mass is 459 g/mol. The average Bonchev–Trinajstić information content (AvgIpc) is 3.21. The minimum Gasteiger partial charge on any atom is -0.325 e. The van der Waals surface area contributed by atoms with E-state index in [1.807, 2.05) is 42.5 Å². The van der Waals surface area contributed by atoms with Crippen molar-refractivity contribution in [3.63, 3.8) is 0 Å². The van der Waals surface area contributed by atoms with Crippen LogP contribution in [0.2, 0.25) is 0 Å². The molecule has 0 radical (unpaired) electrons. The molecule has 9 heteroatoms. The lowest BCUT2D eigenvalue weighted by Crippen LogP contribution is -2.23. The third-order valence-electron chi connectivity index (χ3n) is 5.01. The molecule has 0 bridgehead atoms. The molecule has 1 amide bonds. The smallest absolute Gasteiger partial charge is 0.270 e.